The third-order valence-electron chi connectivity index (χ3n) is 2.76. The van der Waals surface area contributed by atoms with Crippen LogP contribution in [0.3, 0.4) is 0 Å². The first-order chi connectivity index (χ1) is 9.35. The van der Waals surface area contributed by atoms with Gasteiger partial charge in [-0.3, -0.25) is 4.79 Å². The van der Waals surface area contributed by atoms with Crippen LogP contribution in [0, 0.1) is 5.92 Å². The van der Waals surface area contributed by atoms with Crippen molar-refractivity contribution in [3.63, 3.8) is 0 Å². The van der Waals surface area contributed by atoms with Crippen LogP contribution in [-0.4, -0.2) is 35.2 Å². The van der Waals surface area contributed by atoms with Crippen molar-refractivity contribution in [3.8, 4) is 11.5 Å². The molecule has 1 aromatic rings. The van der Waals surface area contributed by atoms with E-state index in [4.69, 9.17) is 9.84 Å². The number of aromatic hydroxyl groups is 1. The van der Waals surface area contributed by atoms with E-state index in [-0.39, 0.29) is 17.2 Å². The lowest BCUT2D eigenvalue weighted by molar-refractivity contribution is -0.139. The maximum absolute atomic E-state index is 12.0. The zero-order chi connectivity index (χ0) is 15.3. The second-order valence-corrected chi connectivity index (χ2v) is 4.88. The molecule has 110 valence electrons. The molecule has 0 saturated carbocycles. The number of rotatable bonds is 6. The van der Waals surface area contributed by atoms with E-state index in [1.807, 2.05) is 13.8 Å². The molecule has 0 aliphatic rings. The smallest absolute Gasteiger partial charge is 0.326 e. The highest BCUT2D eigenvalue weighted by atomic mass is 16.5. The summed E-state index contributed by atoms with van der Waals surface area (Å²) < 4.78 is 4.97. The molecule has 6 nitrogen and oxygen atoms in total. The minimum atomic E-state index is -1.10. The molecule has 0 aliphatic carbocycles. The van der Waals surface area contributed by atoms with Gasteiger partial charge in [0.2, 0.25) is 0 Å². The van der Waals surface area contributed by atoms with Crippen LogP contribution in [0.2, 0.25) is 0 Å². The summed E-state index contributed by atoms with van der Waals surface area (Å²) in [4.78, 5) is 23.1. The zero-order valence-electron chi connectivity index (χ0n) is 11.7. The van der Waals surface area contributed by atoms with Crippen molar-refractivity contribution in [1.82, 2.24) is 5.32 Å². The summed E-state index contributed by atoms with van der Waals surface area (Å²) in [6.45, 7) is 3.73. The van der Waals surface area contributed by atoms with E-state index < -0.39 is 17.9 Å². The number of phenolic OH excluding ortho intramolecular Hbond substituents is 1. The molecule has 0 unspecified atom stereocenters. The van der Waals surface area contributed by atoms with Crippen LogP contribution in [0.4, 0.5) is 0 Å². The Hall–Kier alpha value is -2.24. The molecule has 0 radical (unpaired) electrons. The SMILES string of the molecule is COc1ccc(O)c(C(=O)N[C@H](CC(C)C)C(=O)O)c1. The van der Waals surface area contributed by atoms with Gasteiger partial charge in [0, 0.05) is 0 Å². The lowest BCUT2D eigenvalue weighted by Gasteiger charge is -2.17. The van der Waals surface area contributed by atoms with E-state index in [1.165, 1.54) is 25.3 Å². The largest absolute Gasteiger partial charge is 0.507 e. The Balaban J connectivity index is 2.91. The number of carboxylic acid groups (broad SMARTS) is 1. The maximum atomic E-state index is 12.0. The summed E-state index contributed by atoms with van der Waals surface area (Å²) >= 11 is 0. The van der Waals surface area contributed by atoms with E-state index >= 15 is 0 Å². The Morgan fingerprint density at radius 1 is 1.35 bits per heavy atom. The third-order valence-corrected chi connectivity index (χ3v) is 2.76. The number of hydrogen-bond acceptors (Lipinski definition) is 4. The van der Waals surface area contributed by atoms with Gasteiger partial charge in [-0.25, -0.2) is 4.79 Å². The van der Waals surface area contributed by atoms with E-state index in [1.54, 1.807) is 0 Å². The van der Waals surface area contributed by atoms with E-state index in [2.05, 4.69) is 5.32 Å². The van der Waals surface area contributed by atoms with Crippen molar-refractivity contribution in [2.45, 2.75) is 26.3 Å². The van der Waals surface area contributed by atoms with E-state index in [9.17, 15) is 14.7 Å². The Morgan fingerprint density at radius 3 is 2.50 bits per heavy atom. The quantitative estimate of drug-likeness (QED) is 0.736. The summed E-state index contributed by atoms with van der Waals surface area (Å²) in [5, 5.41) is 21.2. The first-order valence-electron chi connectivity index (χ1n) is 6.25. The van der Waals surface area contributed by atoms with Crippen LogP contribution in [-0.2, 0) is 4.79 Å². The molecule has 3 N–H and O–H groups in total. The van der Waals surface area contributed by atoms with Gasteiger partial charge in [-0.2, -0.15) is 0 Å². The predicted molar refractivity (Wildman–Crippen MR) is 73.0 cm³/mol. The third kappa shape index (κ3) is 4.15. The first kappa shape index (κ1) is 15.8. The zero-order valence-corrected chi connectivity index (χ0v) is 11.7. The highest BCUT2D eigenvalue weighted by Crippen LogP contribution is 2.23. The van der Waals surface area contributed by atoms with Gasteiger partial charge in [-0.05, 0) is 30.5 Å². The standard InChI is InChI=1S/C14H19NO5/c1-8(2)6-11(14(18)19)15-13(17)10-7-9(20-3)4-5-12(10)16/h4-5,7-8,11,16H,6H2,1-3H3,(H,15,17)(H,18,19)/t11-/m1/s1. The minimum Gasteiger partial charge on any atom is -0.507 e. The number of amides is 1. The minimum absolute atomic E-state index is 0.0145. The molecule has 0 heterocycles. The number of benzene rings is 1. The lowest BCUT2D eigenvalue weighted by atomic mass is 10.0. The number of aliphatic carboxylic acids is 1. The Morgan fingerprint density at radius 2 is 2.00 bits per heavy atom. The van der Waals surface area contributed by atoms with Gasteiger partial charge in [0.25, 0.3) is 5.91 Å². The molecule has 1 amide bonds. The molecule has 0 aromatic heterocycles. The van der Waals surface area contributed by atoms with Crippen LogP contribution in [0.5, 0.6) is 11.5 Å². The highest BCUT2D eigenvalue weighted by Gasteiger charge is 2.23. The second kappa shape index (κ2) is 6.79. The Bertz CT molecular complexity index is 498. The number of hydrogen-bond donors (Lipinski definition) is 3. The molecule has 20 heavy (non-hydrogen) atoms. The molecule has 1 atom stereocenters. The number of methoxy groups -OCH3 is 1. The van der Waals surface area contributed by atoms with Gasteiger partial charge in [0.15, 0.2) is 0 Å². The molecule has 1 aromatic carbocycles. The predicted octanol–water partition coefficient (Wildman–Crippen LogP) is 1.63. The number of carbonyl (C=O) groups is 2. The fourth-order valence-corrected chi connectivity index (χ4v) is 1.75. The van der Waals surface area contributed by atoms with Crippen LogP contribution >= 0.6 is 0 Å². The molecule has 0 bridgehead atoms. The van der Waals surface area contributed by atoms with Crippen molar-refractivity contribution in [3.05, 3.63) is 23.8 Å². The normalized spacial score (nSPS) is 12.0. The van der Waals surface area contributed by atoms with Gasteiger partial charge in [0.1, 0.15) is 17.5 Å². The van der Waals surface area contributed by atoms with Crippen LogP contribution in [0.15, 0.2) is 18.2 Å². The molecular formula is C14H19NO5. The van der Waals surface area contributed by atoms with E-state index in [0.717, 1.165) is 0 Å². The van der Waals surface area contributed by atoms with Gasteiger partial charge in [-0.1, -0.05) is 13.8 Å². The van der Waals surface area contributed by atoms with Crippen LogP contribution in [0.1, 0.15) is 30.6 Å². The number of carbonyl (C=O) groups excluding carboxylic acids is 1. The molecular weight excluding hydrogens is 262 g/mol. The lowest BCUT2D eigenvalue weighted by Crippen LogP contribution is -2.41. The number of nitrogens with one attached hydrogen (secondary N) is 1. The Labute approximate surface area is 117 Å². The van der Waals surface area contributed by atoms with Crippen molar-refractivity contribution in [1.29, 1.82) is 0 Å². The van der Waals surface area contributed by atoms with Crippen molar-refractivity contribution >= 4 is 11.9 Å². The van der Waals surface area contributed by atoms with Gasteiger partial charge in [0.05, 0.1) is 12.7 Å². The average molecular weight is 281 g/mol. The molecule has 0 spiro atoms. The summed E-state index contributed by atoms with van der Waals surface area (Å²) in [6, 6.07) is 3.20. The summed E-state index contributed by atoms with van der Waals surface area (Å²) in [5.41, 5.74) is -0.0145. The number of phenols is 1. The van der Waals surface area contributed by atoms with Gasteiger partial charge >= 0.3 is 5.97 Å². The maximum Gasteiger partial charge on any atom is 0.326 e. The molecule has 0 saturated heterocycles. The first-order valence-corrected chi connectivity index (χ1v) is 6.25. The van der Waals surface area contributed by atoms with Gasteiger partial charge < -0.3 is 20.3 Å². The van der Waals surface area contributed by atoms with Crippen molar-refractivity contribution in [2.75, 3.05) is 7.11 Å². The van der Waals surface area contributed by atoms with Crippen molar-refractivity contribution in [2.24, 2.45) is 5.92 Å². The molecule has 6 heteroatoms. The summed E-state index contributed by atoms with van der Waals surface area (Å²) in [5.74, 6) is -1.44. The number of ether oxygens (including phenoxy) is 1. The highest BCUT2D eigenvalue weighted by molar-refractivity contribution is 5.99. The Kier molecular flexibility index (Phi) is 5.37. The van der Waals surface area contributed by atoms with Crippen molar-refractivity contribution < 1.29 is 24.5 Å². The molecule has 0 aliphatic heterocycles. The van der Waals surface area contributed by atoms with E-state index in [0.29, 0.717) is 12.2 Å². The van der Waals surface area contributed by atoms with Crippen LogP contribution in [0.25, 0.3) is 0 Å². The summed E-state index contributed by atoms with van der Waals surface area (Å²) in [7, 11) is 1.44. The summed E-state index contributed by atoms with van der Waals surface area (Å²) in [6.07, 6.45) is 0.311. The molecule has 0 fully saturated rings. The monoisotopic (exact) mass is 281 g/mol. The average Bonchev–Trinajstić information content (AvgIpc) is 2.37. The molecule has 1 rings (SSSR count). The fraction of sp³-hybridized carbons (Fsp3) is 0.429. The van der Waals surface area contributed by atoms with Crippen LogP contribution < -0.4 is 10.1 Å². The number of carboxylic acids is 1. The topological polar surface area (TPSA) is 95.9 Å². The second-order valence-electron chi connectivity index (χ2n) is 4.88. The van der Waals surface area contributed by atoms with Gasteiger partial charge in [-0.15, -0.1) is 0 Å². The fourth-order valence-electron chi connectivity index (χ4n) is 1.75.